The molecule has 0 saturated heterocycles. The number of nitrogens with zero attached hydrogens (tertiary/aromatic N) is 1. The number of hydrogen-bond acceptors (Lipinski definition) is 3. The molecule has 0 aromatic rings. The molecular weight excluding hydrogens is 202 g/mol. The fraction of sp³-hybridized carbons (Fsp3) is 0.917. The average Bonchev–Trinajstić information content (AvgIpc) is 3.06. The lowest BCUT2D eigenvalue weighted by Crippen LogP contribution is -2.46. The second kappa shape index (κ2) is 6.21. The zero-order valence-corrected chi connectivity index (χ0v) is 10.7. The fourth-order valence-corrected chi connectivity index (χ4v) is 1.78. The van der Waals surface area contributed by atoms with Crippen molar-refractivity contribution in [3.8, 4) is 0 Å². The molecular formula is C12H25N3O. The number of rotatable bonds is 7. The van der Waals surface area contributed by atoms with Gasteiger partial charge in [-0.25, -0.2) is 0 Å². The Hall–Kier alpha value is -0.610. The van der Waals surface area contributed by atoms with E-state index in [0.29, 0.717) is 6.54 Å². The molecule has 0 aromatic heterocycles. The summed E-state index contributed by atoms with van der Waals surface area (Å²) in [5, 5.41) is 2.91. The highest BCUT2D eigenvalue weighted by Crippen LogP contribution is 2.25. The number of amides is 1. The van der Waals surface area contributed by atoms with Crippen molar-refractivity contribution >= 4 is 5.91 Å². The number of carbonyl (C=O) groups excluding carboxylic acids is 1. The van der Waals surface area contributed by atoms with Crippen LogP contribution >= 0.6 is 0 Å². The van der Waals surface area contributed by atoms with Crippen LogP contribution in [0.5, 0.6) is 0 Å². The molecule has 1 amide bonds. The van der Waals surface area contributed by atoms with Crippen LogP contribution in [0.3, 0.4) is 0 Å². The number of hydrogen-bond donors (Lipinski definition) is 2. The summed E-state index contributed by atoms with van der Waals surface area (Å²) in [4.78, 5) is 14.0. The van der Waals surface area contributed by atoms with Crippen LogP contribution in [0.15, 0.2) is 0 Å². The predicted octanol–water partition coefficient (Wildman–Crippen LogP) is 0.570. The molecule has 3 N–H and O–H groups in total. The zero-order chi connectivity index (χ0) is 12.1. The molecule has 0 radical (unpaired) electrons. The summed E-state index contributed by atoms with van der Waals surface area (Å²) in [7, 11) is 0. The van der Waals surface area contributed by atoms with Gasteiger partial charge in [0.25, 0.3) is 0 Å². The van der Waals surface area contributed by atoms with Crippen molar-refractivity contribution in [1.82, 2.24) is 10.2 Å². The molecule has 1 rings (SSSR count). The van der Waals surface area contributed by atoms with E-state index in [1.165, 1.54) is 12.8 Å². The molecule has 0 unspecified atom stereocenters. The van der Waals surface area contributed by atoms with Crippen molar-refractivity contribution in [1.29, 1.82) is 0 Å². The number of likely N-dealkylation sites (N-methyl/N-ethyl adjacent to an activating group) is 1. The van der Waals surface area contributed by atoms with E-state index in [1.54, 1.807) is 0 Å². The van der Waals surface area contributed by atoms with Gasteiger partial charge < -0.3 is 11.1 Å². The van der Waals surface area contributed by atoms with Crippen molar-refractivity contribution in [2.45, 2.75) is 45.7 Å². The Morgan fingerprint density at radius 1 is 1.50 bits per heavy atom. The second-order valence-corrected chi connectivity index (χ2v) is 4.92. The van der Waals surface area contributed by atoms with E-state index in [0.717, 1.165) is 19.1 Å². The second-order valence-electron chi connectivity index (χ2n) is 4.92. The molecule has 0 aromatic carbocycles. The van der Waals surface area contributed by atoms with E-state index in [4.69, 9.17) is 5.73 Å². The van der Waals surface area contributed by atoms with Gasteiger partial charge in [0.15, 0.2) is 0 Å². The SMILES string of the molecule is CCN(CCNC(=O)[C@@H](N)C(C)C)C1CC1. The third kappa shape index (κ3) is 4.10. The third-order valence-corrected chi connectivity index (χ3v) is 3.19. The Morgan fingerprint density at radius 2 is 2.12 bits per heavy atom. The molecule has 16 heavy (non-hydrogen) atoms. The maximum atomic E-state index is 11.6. The first kappa shape index (κ1) is 13.5. The molecule has 0 spiro atoms. The highest BCUT2D eigenvalue weighted by Gasteiger charge is 2.27. The summed E-state index contributed by atoms with van der Waals surface area (Å²) in [6.07, 6.45) is 2.63. The smallest absolute Gasteiger partial charge is 0.237 e. The summed E-state index contributed by atoms with van der Waals surface area (Å²) in [6.45, 7) is 8.82. The van der Waals surface area contributed by atoms with Crippen LogP contribution in [-0.2, 0) is 4.79 Å². The topological polar surface area (TPSA) is 58.4 Å². The van der Waals surface area contributed by atoms with Gasteiger partial charge in [-0.2, -0.15) is 0 Å². The minimum absolute atomic E-state index is 0.0261. The summed E-state index contributed by atoms with van der Waals surface area (Å²) in [5.41, 5.74) is 5.76. The highest BCUT2D eigenvalue weighted by molar-refractivity contribution is 5.81. The third-order valence-electron chi connectivity index (χ3n) is 3.19. The number of nitrogens with two attached hydrogens (primary N) is 1. The lowest BCUT2D eigenvalue weighted by atomic mass is 10.1. The van der Waals surface area contributed by atoms with Gasteiger partial charge in [0.1, 0.15) is 0 Å². The van der Waals surface area contributed by atoms with E-state index in [-0.39, 0.29) is 17.9 Å². The standard InChI is InChI=1S/C12H25N3O/c1-4-15(10-5-6-10)8-7-14-12(16)11(13)9(2)3/h9-11H,4-8,13H2,1-3H3,(H,14,16)/t11-/m0/s1. The largest absolute Gasteiger partial charge is 0.353 e. The predicted molar refractivity (Wildman–Crippen MR) is 66.1 cm³/mol. The molecule has 1 fully saturated rings. The highest BCUT2D eigenvalue weighted by atomic mass is 16.2. The Labute approximate surface area is 98.6 Å². The molecule has 4 nitrogen and oxygen atoms in total. The van der Waals surface area contributed by atoms with Crippen molar-refractivity contribution < 1.29 is 4.79 Å². The summed E-state index contributed by atoms with van der Waals surface area (Å²) >= 11 is 0. The van der Waals surface area contributed by atoms with E-state index >= 15 is 0 Å². The van der Waals surface area contributed by atoms with Gasteiger partial charge in [0.2, 0.25) is 5.91 Å². The normalized spacial score (nSPS) is 17.9. The molecule has 1 aliphatic carbocycles. The maximum Gasteiger partial charge on any atom is 0.237 e. The average molecular weight is 227 g/mol. The summed E-state index contributed by atoms with van der Waals surface area (Å²) in [5.74, 6) is 0.174. The molecule has 1 aliphatic rings. The van der Waals surface area contributed by atoms with Crippen molar-refractivity contribution in [2.75, 3.05) is 19.6 Å². The van der Waals surface area contributed by atoms with Gasteiger partial charge in [-0.1, -0.05) is 20.8 Å². The molecule has 1 saturated carbocycles. The van der Waals surface area contributed by atoms with E-state index in [2.05, 4.69) is 17.1 Å². The van der Waals surface area contributed by atoms with Crippen LogP contribution in [0.1, 0.15) is 33.6 Å². The van der Waals surface area contributed by atoms with Gasteiger partial charge in [-0.3, -0.25) is 9.69 Å². The van der Waals surface area contributed by atoms with Gasteiger partial charge in [0, 0.05) is 19.1 Å². The van der Waals surface area contributed by atoms with E-state index in [9.17, 15) is 4.79 Å². The van der Waals surface area contributed by atoms with Crippen LogP contribution in [0.25, 0.3) is 0 Å². The number of carbonyl (C=O) groups is 1. The first-order valence-corrected chi connectivity index (χ1v) is 6.33. The van der Waals surface area contributed by atoms with Gasteiger partial charge in [-0.05, 0) is 25.3 Å². The minimum Gasteiger partial charge on any atom is -0.353 e. The fourth-order valence-electron chi connectivity index (χ4n) is 1.78. The molecule has 0 aliphatic heterocycles. The molecule has 4 heteroatoms. The van der Waals surface area contributed by atoms with Gasteiger partial charge in [-0.15, -0.1) is 0 Å². The molecule has 0 bridgehead atoms. The Morgan fingerprint density at radius 3 is 2.56 bits per heavy atom. The van der Waals surface area contributed by atoms with Crippen LogP contribution < -0.4 is 11.1 Å². The lowest BCUT2D eigenvalue weighted by Gasteiger charge is -2.21. The molecule has 94 valence electrons. The summed E-state index contributed by atoms with van der Waals surface area (Å²) < 4.78 is 0. The summed E-state index contributed by atoms with van der Waals surface area (Å²) in [6, 6.07) is 0.386. The van der Waals surface area contributed by atoms with Gasteiger partial charge >= 0.3 is 0 Å². The van der Waals surface area contributed by atoms with Crippen LogP contribution in [-0.4, -0.2) is 42.5 Å². The van der Waals surface area contributed by atoms with E-state index in [1.807, 2.05) is 13.8 Å². The van der Waals surface area contributed by atoms with Crippen molar-refractivity contribution in [2.24, 2.45) is 11.7 Å². The van der Waals surface area contributed by atoms with Crippen LogP contribution in [0, 0.1) is 5.92 Å². The first-order chi connectivity index (χ1) is 7.56. The van der Waals surface area contributed by atoms with Crippen LogP contribution in [0.2, 0.25) is 0 Å². The Kier molecular flexibility index (Phi) is 5.22. The maximum absolute atomic E-state index is 11.6. The Bertz CT molecular complexity index is 226. The van der Waals surface area contributed by atoms with Crippen LogP contribution in [0.4, 0.5) is 0 Å². The first-order valence-electron chi connectivity index (χ1n) is 6.33. The van der Waals surface area contributed by atoms with Crippen molar-refractivity contribution in [3.63, 3.8) is 0 Å². The van der Waals surface area contributed by atoms with Crippen molar-refractivity contribution in [3.05, 3.63) is 0 Å². The Balaban J connectivity index is 2.16. The van der Waals surface area contributed by atoms with Gasteiger partial charge in [0.05, 0.1) is 6.04 Å². The zero-order valence-electron chi connectivity index (χ0n) is 10.7. The quantitative estimate of drug-likeness (QED) is 0.668. The minimum atomic E-state index is -0.379. The lowest BCUT2D eigenvalue weighted by molar-refractivity contribution is -0.123. The number of nitrogens with one attached hydrogen (secondary N) is 1. The van der Waals surface area contributed by atoms with E-state index < -0.39 is 0 Å². The monoisotopic (exact) mass is 227 g/mol. The molecule has 0 heterocycles. The molecule has 1 atom stereocenters.